The quantitative estimate of drug-likeness (QED) is 0.483. The minimum Gasteiger partial charge on any atom is -0.340 e. The number of rotatable bonds is 9. The van der Waals surface area contributed by atoms with Crippen molar-refractivity contribution in [2.24, 2.45) is 5.92 Å². The molecule has 0 aliphatic carbocycles. The van der Waals surface area contributed by atoms with Crippen LogP contribution in [-0.2, 0) is 16.0 Å². The van der Waals surface area contributed by atoms with Crippen LogP contribution in [0.1, 0.15) is 30.0 Å². The van der Waals surface area contributed by atoms with Crippen LogP contribution in [-0.4, -0.2) is 80.4 Å². The lowest BCUT2D eigenvalue weighted by Crippen LogP contribution is -2.52. The number of hydrogen-bond donors (Lipinski definition) is 1. The van der Waals surface area contributed by atoms with Crippen molar-refractivity contribution in [3.05, 3.63) is 83.9 Å². The summed E-state index contributed by atoms with van der Waals surface area (Å²) in [5, 5.41) is 5.55. The van der Waals surface area contributed by atoms with Gasteiger partial charge in [-0.1, -0.05) is 72.8 Å². The van der Waals surface area contributed by atoms with Crippen LogP contribution in [0.25, 0.3) is 10.8 Å². The molecule has 0 spiro atoms. The normalized spacial score (nSPS) is 17.5. The van der Waals surface area contributed by atoms with E-state index in [-0.39, 0.29) is 11.8 Å². The molecule has 6 nitrogen and oxygen atoms in total. The highest BCUT2D eigenvalue weighted by Gasteiger charge is 2.36. The average Bonchev–Trinajstić information content (AvgIpc) is 2.91. The molecule has 1 heterocycles. The first-order valence-corrected chi connectivity index (χ1v) is 13.3. The molecular formula is C31H40N4O2. The first kappa shape index (κ1) is 26.8. The number of amides is 2. The molecule has 3 aromatic carbocycles. The van der Waals surface area contributed by atoms with E-state index in [2.05, 4.69) is 54.6 Å². The zero-order valence-electron chi connectivity index (χ0n) is 22.6. The number of nitrogens with zero attached hydrogens (tertiary/aromatic N) is 3. The second-order valence-electron chi connectivity index (χ2n) is 10.5. The average molecular weight is 501 g/mol. The molecule has 2 amide bonds. The maximum absolute atomic E-state index is 14.0. The Bertz CT molecular complexity index is 1200. The van der Waals surface area contributed by atoms with Crippen molar-refractivity contribution in [2.75, 3.05) is 47.8 Å². The largest absolute Gasteiger partial charge is 0.340 e. The Morgan fingerprint density at radius 3 is 2.38 bits per heavy atom. The van der Waals surface area contributed by atoms with Gasteiger partial charge >= 0.3 is 0 Å². The van der Waals surface area contributed by atoms with Crippen molar-refractivity contribution in [3.8, 4) is 0 Å². The number of carbonyl (C=O) groups is 2. The molecule has 0 radical (unpaired) electrons. The second-order valence-corrected chi connectivity index (χ2v) is 10.5. The van der Waals surface area contributed by atoms with Gasteiger partial charge in [0, 0.05) is 26.7 Å². The number of fused-ring (bicyclic) bond motifs is 1. The van der Waals surface area contributed by atoms with E-state index in [9.17, 15) is 9.59 Å². The van der Waals surface area contributed by atoms with Crippen LogP contribution in [0.5, 0.6) is 0 Å². The summed E-state index contributed by atoms with van der Waals surface area (Å²) in [6, 6.07) is 23.2. The fourth-order valence-corrected chi connectivity index (χ4v) is 5.56. The molecule has 0 saturated carbocycles. The molecule has 1 fully saturated rings. The molecule has 4 rings (SSSR count). The van der Waals surface area contributed by atoms with Crippen LogP contribution >= 0.6 is 0 Å². The Hall–Kier alpha value is -3.22. The third-order valence-corrected chi connectivity index (χ3v) is 7.44. The van der Waals surface area contributed by atoms with Crippen LogP contribution in [0.3, 0.4) is 0 Å². The molecule has 1 saturated heterocycles. The van der Waals surface area contributed by atoms with Gasteiger partial charge in [-0.2, -0.15) is 0 Å². The maximum atomic E-state index is 14.0. The van der Waals surface area contributed by atoms with Crippen molar-refractivity contribution in [3.63, 3.8) is 0 Å². The van der Waals surface area contributed by atoms with E-state index >= 15 is 0 Å². The van der Waals surface area contributed by atoms with Crippen LogP contribution in [0, 0.1) is 5.92 Å². The summed E-state index contributed by atoms with van der Waals surface area (Å²) < 4.78 is 0. The summed E-state index contributed by atoms with van der Waals surface area (Å²) in [5.41, 5.74) is 1.93. The molecule has 3 aromatic rings. The highest BCUT2D eigenvalue weighted by atomic mass is 16.2. The Kier molecular flexibility index (Phi) is 8.95. The van der Waals surface area contributed by atoms with E-state index in [0.717, 1.165) is 49.0 Å². The van der Waals surface area contributed by atoms with Gasteiger partial charge in [-0.25, -0.2) is 0 Å². The highest BCUT2D eigenvalue weighted by Crippen LogP contribution is 2.27. The van der Waals surface area contributed by atoms with E-state index in [1.54, 1.807) is 11.9 Å². The summed E-state index contributed by atoms with van der Waals surface area (Å²) in [6.07, 6.45) is 2.67. The number of benzene rings is 3. The van der Waals surface area contributed by atoms with Crippen molar-refractivity contribution in [2.45, 2.75) is 31.3 Å². The van der Waals surface area contributed by atoms with Crippen LogP contribution in [0.15, 0.2) is 72.8 Å². The monoisotopic (exact) mass is 500 g/mol. The van der Waals surface area contributed by atoms with Gasteiger partial charge in [0.25, 0.3) is 0 Å². The topological polar surface area (TPSA) is 55.9 Å². The Morgan fingerprint density at radius 1 is 0.973 bits per heavy atom. The van der Waals surface area contributed by atoms with Crippen molar-refractivity contribution in [1.29, 1.82) is 0 Å². The fraction of sp³-hybridized carbons (Fsp3) is 0.419. The minimum absolute atomic E-state index is 0.00562. The summed E-state index contributed by atoms with van der Waals surface area (Å²) in [5.74, 6) is 0.369. The van der Waals surface area contributed by atoms with E-state index in [0.29, 0.717) is 12.3 Å². The molecule has 37 heavy (non-hydrogen) atoms. The number of nitrogens with one attached hydrogen (secondary N) is 1. The molecule has 6 heteroatoms. The van der Waals surface area contributed by atoms with E-state index in [1.165, 1.54) is 5.39 Å². The summed E-state index contributed by atoms with van der Waals surface area (Å²) >= 11 is 0. The highest BCUT2D eigenvalue weighted by molar-refractivity contribution is 5.91. The lowest BCUT2D eigenvalue weighted by atomic mass is 9.95. The number of carbonyl (C=O) groups excluding carboxylic acids is 2. The third kappa shape index (κ3) is 6.56. The van der Waals surface area contributed by atoms with Crippen LogP contribution < -0.4 is 5.32 Å². The molecule has 1 aliphatic rings. The summed E-state index contributed by atoms with van der Waals surface area (Å²) in [6.45, 7) is 2.43. The first-order valence-electron chi connectivity index (χ1n) is 13.3. The third-order valence-electron chi connectivity index (χ3n) is 7.44. The van der Waals surface area contributed by atoms with Gasteiger partial charge in [0.15, 0.2) is 0 Å². The maximum Gasteiger partial charge on any atom is 0.250 e. The number of hydrogen-bond acceptors (Lipinski definition) is 4. The Labute approximate surface area is 221 Å². The molecule has 1 aliphatic heterocycles. The molecule has 3 atom stereocenters. The van der Waals surface area contributed by atoms with Crippen molar-refractivity contribution >= 4 is 22.6 Å². The summed E-state index contributed by atoms with van der Waals surface area (Å²) in [4.78, 5) is 33.6. The van der Waals surface area contributed by atoms with Crippen molar-refractivity contribution < 1.29 is 9.59 Å². The van der Waals surface area contributed by atoms with Gasteiger partial charge in [0.2, 0.25) is 11.8 Å². The molecular weight excluding hydrogens is 460 g/mol. The fourth-order valence-electron chi connectivity index (χ4n) is 5.56. The Balaban J connectivity index is 1.55. The molecule has 1 unspecified atom stereocenters. The number of likely N-dealkylation sites (tertiary alicyclic amines) is 1. The van der Waals surface area contributed by atoms with Gasteiger partial charge in [0.05, 0.1) is 6.04 Å². The van der Waals surface area contributed by atoms with Gasteiger partial charge in [-0.15, -0.1) is 0 Å². The smallest absolute Gasteiger partial charge is 0.250 e. The predicted octanol–water partition coefficient (Wildman–Crippen LogP) is 3.97. The number of likely N-dealkylation sites (N-methyl/N-ethyl adjacent to an activating group) is 2. The van der Waals surface area contributed by atoms with Crippen molar-refractivity contribution in [1.82, 2.24) is 20.0 Å². The Morgan fingerprint density at radius 2 is 1.68 bits per heavy atom. The van der Waals surface area contributed by atoms with Gasteiger partial charge < -0.3 is 20.0 Å². The molecule has 196 valence electrons. The van der Waals surface area contributed by atoms with Crippen LogP contribution in [0.2, 0.25) is 0 Å². The van der Waals surface area contributed by atoms with Crippen LogP contribution in [0.4, 0.5) is 0 Å². The summed E-state index contributed by atoms with van der Waals surface area (Å²) in [7, 11) is 7.73. The van der Waals surface area contributed by atoms with Gasteiger partial charge in [-0.3, -0.25) is 9.59 Å². The number of piperidine rings is 1. The first-order chi connectivity index (χ1) is 17.9. The molecule has 0 bridgehead atoms. The molecule has 0 aromatic heterocycles. The lowest BCUT2D eigenvalue weighted by molar-refractivity contribution is -0.147. The zero-order valence-corrected chi connectivity index (χ0v) is 22.6. The second kappa shape index (κ2) is 12.3. The minimum atomic E-state index is -0.653. The van der Waals surface area contributed by atoms with E-state index in [4.69, 9.17) is 0 Å². The lowest BCUT2D eigenvalue weighted by Gasteiger charge is -2.39. The van der Waals surface area contributed by atoms with Gasteiger partial charge in [0.1, 0.15) is 6.04 Å². The predicted molar refractivity (Wildman–Crippen MR) is 150 cm³/mol. The SMILES string of the molecule is CN[C@H](Cc1ccc2ccccc2c1)C(=O)N(C)C(C(=O)N1CCC[C@@H](CN(C)C)C1)c1ccccc1. The van der Waals surface area contributed by atoms with E-state index < -0.39 is 12.1 Å². The van der Waals surface area contributed by atoms with E-state index in [1.807, 2.05) is 54.4 Å². The standard InChI is InChI=1S/C31H40N4O2/c1-32-28(20-23-16-17-25-12-8-9-15-27(25)19-23)30(36)34(4)29(26-13-6-5-7-14-26)31(37)35-18-10-11-24(22-35)21-33(2)3/h5-9,12-17,19,24,28-29,32H,10-11,18,20-22H2,1-4H3/t24-,28+,29?/m0/s1. The van der Waals surface area contributed by atoms with Gasteiger partial charge in [-0.05, 0) is 68.2 Å². The zero-order chi connectivity index (χ0) is 26.4. The molecule has 1 N–H and O–H groups in total.